The first-order valence-electron chi connectivity index (χ1n) is 7.16. The van der Waals surface area contributed by atoms with Crippen LogP contribution in [0.4, 0.5) is 0 Å². The van der Waals surface area contributed by atoms with Crippen LogP contribution >= 0.6 is 0 Å². The molecular formula is C14H18N4O3. The lowest BCUT2D eigenvalue weighted by molar-refractivity contribution is 0.119. The molecule has 1 N–H and O–H groups in total. The average Bonchev–Trinajstić information content (AvgIpc) is 2.90. The second kappa shape index (κ2) is 6.17. The minimum Gasteiger partial charge on any atom is -0.481 e. The zero-order chi connectivity index (χ0) is 14.7. The average molecular weight is 290 g/mol. The Hall–Kier alpha value is -2.02. The third kappa shape index (κ3) is 3.02. The molecule has 7 heteroatoms. The minimum absolute atomic E-state index is 0.0857. The highest BCUT2D eigenvalue weighted by atomic mass is 16.5. The topological polar surface area (TPSA) is 94.2 Å². The predicted octanol–water partition coefficient (Wildman–Crippen LogP) is 1.94. The van der Waals surface area contributed by atoms with Crippen molar-refractivity contribution < 1.29 is 14.4 Å². The van der Waals surface area contributed by atoms with Crippen LogP contribution in [0.25, 0.3) is 11.5 Å². The van der Waals surface area contributed by atoms with Gasteiger partial charge in [-0.05, 0) is 12.8 Å². The van der Waals surface area contributed by atoms with Crippen molar-refractivity contribution in [3.8, 4) is 17.4 Å². The van der Waals surface area contributed by atoms with Crippen molar-refractivity contribution in [3.05, 3.63) is 18.3 Å². The Balaban J connectivity index is 1.85. The zero-order valence-electron chi connectivity index (χ0n) is 11.9. The zero-order valence-corrected chi connectivity index (χ0v) is 11.9. The maximum atomic E-state index is 10.2. The highest BCUT2D eigenvalue weighted by Crippen LogP contribution is 2.32. The van der Waals surface area contributed by atoms with Crippen molar-refractivity contribution in [2.24, 2.45) is 0 Å². The van der Waals surface area contributed by atoms with E-state index in [4.69, 9.17) is 9.26 Å². The van der Waals surface area contributed by atoms with Crippen molar-refractivity contribution >= 4 is 0 Å². The van der Waals surface area contributed by atoms with Crippen LogP contribution in [0, 0.1) is 0 Å². The predicted molar refractivity (Wildman–Crippen MR) is 73.7 cm³/mol. The van der Waals surface area contributed by atoms with Gasteiger partial charge in [-0.3, -0.25) is 0 Å². The molecule has 0 aliphatic heterocycles. The van der Waals surface area contributed by atoms with Gasteiger partial charge in [0.2, 0.25) is 17.6 Å². The molecule has 0 radical (unpaired) electrons. The molecule has 112 valence electrons. The van der Waals surface area contributed by atoms with Crippen LogP contribution < -0.4 is 4.74 Å². The van der Waals surface area contributed by atoms with E-state index in [0.717, 1.165) is 32.1 Å². The Morgan fingerprint density at radius 1 is 1.24 bits per heavy atom. The number of aliphatic hydroxyl groups is 1. The van der Waals surface area contributed by atoms with E-state index in [1.165, 1.54) is 13.4 Å². The van der Waals surface area contributed by atoms with Crippen molar-refractivity contribution in [3.63, 3.8) is 0 Å². The summed E-state index contributed by atoms with van der Waals surface area (Å²) in [6.07, 6.45) is 5.88. The maximum Gasteiger partial charge on any atom is 0.232 e. The van der Waals surface area contributed by atoms with Crippen LogP contribution in [0.5, 0.6) is 5.88 Å². The van der Waals surface area contributed by atoms with Crippen molar-refractivity contribution in [2.75, 3.05) is 7.11 Å². The second-order valence-electron chi connectivity index (χ2n) is 5.21. The van der Waals surface area contributed by atoms with Gasteiger partial charge in [0.15, 0.2) is 0 Å². The van der Waals surface area contributed by atoms with E-state index in [9.17, 15) is 5.11 Å². The summed E-state index contributed by atoms with van der Waals surface area (Å²) in [5, 5.41) is 14.2. The summed E-state index contributed by atoms with van der Waals surface area (Å²) in [5.74, 6) is 1.23. The van der Waals surface area contributed by atoms with Gasteiger partial charge in [0.05, 0.1) is 19.1 Å². The Morgan fingerprint density at radius 3 is 2.95 bits per heavy atom. The number of aliphatic hydroxyl groups excluding tert-OH is 1. The molecule has 2 aromatic rings. The van der Waals surface area contributed by atoms with Gasteiger partial charge in [-0.1, -0.05) is 24.4 Å². The van der Waals surface area contributed by atoms with Gasteiger partial charge in [-0.2, -0.15) is 4.98 Å². The third-order valence-corrected chi connectivity index (χ3v) is 3.82. The summed E-state index contributed by atoms with van der Waals surface area (Å²) >= 11 is 0. The molecule has 1 fully saturated rings. The Labute approximate surface area is 122 Å². The summed E-state index contributed by atoms with van der Waals surface area (Å²) in [6, 6.07) is 1.65. The van der Waals surface area contributed by atoms with E-state index in [1.54, 1.807) is 6.07 Å². The second-order valence-corrected chi connectivity index (χ2v) is 5.21. The standard InChI is InChI=1S/C14H18N4O3/c1-20-12-7-10(15-8-16-12)13-17-14(21-18-13)9-5-3-2-4-6-11(9)19/h7-9,11,19H,2-6H2,1H3. The van der Waals surface area contributed by atoms with Gasteiger partial charge in [-0.15, -0.1) is 0 Å². The number of methoxy groups -OCH3 is 1. The van der Waals surface area contributed by atoms with Crippen LogP contribution in [-0.2, 0) is 0 Å². The Morgan fingerprint density at radius 2 is 2.10 bits per heavy atom. The normalized spacial score (nSPS) is 22.8. The van der Waals surface area contributed by atoms with E-state index < -0.39 is 6.10 Å². The molecule has 3 rings (SSSR count). The minimum atomic E-state index is -0.416. The molecule has 1 aliphatic rings. The maximum absolute atomic E-state index is 10.2. The lowest BCUT2D eigenvalue weighted by Gasteiger charge is -2.15. The quantitative estimate of drug-likeness (QED) is 0.863. The number of hydrogen-bond acceptors (Lipinski definition) is 7. The first-order valence-corrected chi connectivity index (χ1v) is 7.16. The van der Waals surface area contributed by atoms with Crippen molar-refractivity contribution in [1.82, 2.24) is 20.1 Å². The Kier molecular flexibility index (Phi) is 4.10. The van der Waals surface area contributed by atoms with Crippen LogP contribution in [0.1, 0.15) is 43.9 Å². The van der Waals surface area contributed by atoms with E-state index >= 15 is 0 Å². The van der Waals surface area contributed by atoms with Gasteiger partial charge < -0.3 is 14.4 Å². The highest BCUT2D eigenvalue weighted by Gasteiger charge is 2.28. The number of hydrogen-bond donors (Lipinski definition) is 1. The highest BCUT2D eigenvalue weighted by molar-refractivity contribution is 5.49. The molecule has 1 saturated carbocycles. The van der Waals surface area contributed by atoms with E-state index in [0.29, 0.717) is 23.3 Å². The molecule has 2 aromatic heterocycles. The first-order chi connectivity index (χ1) is 10.3. The van der Waals surface area contributed by atoms with Crippen molar-refractivity contribution in [1.29, 1.82) is 0 Å². The summed E-state index contributed by atoms with van der Waals surface area (Å²) in [4.78, 5) is 12.4. The monoisotopic (exact) mass is 290 g/mol. The number of aromatic nitrogens is 4. The van der Waals surface area contributed by atoms with Gasteiger partial charge in [-0.25, -0.2) is 9.97 Å². The molecular weight excluding hydrogens is 272 g/mol. The smallest absolute Gasteiger partial charge is 0.232 e. The summed E-state index contributed by atoms with van der Waals surface area (Å²) in [5.41, 5.74) is 0.542. The molecule has 0 bridgehead atoms. The van der Waals surface area contributed by atoms with Crippen LogP contribution in [-0.4, -0.2) is 38.4 Å². The summed E-state index contributed by atoms with van der Waals surface area (Å²) < 4.78 is 10.4. The molecule has 21 heavy (non-hydrogen) atoms. The van der Waals surface area contributed by atoms with Crippen LogP contribution in [0.15, 0.2) is 16.9 Å². The van der Waals surface area contributed by atoms with Gasteiger partial charge in [0.1, 0.15) is 12.0 Å². The van der Waals surface area contributed by atoms with E-state index in [-0.39, 0.29) is 5.92 Å². The van der Waals surface area contributed by atoms with E-state index in [2.05, 4.69) is 20.1 Å². The van der Waals surface area contributed by atoms with E-state index in [1.807, 2.05) is 0 Å². The third-order valence-electron chi connectivity index (χ3n) is 3.82. The van der Waals surface area contributed by atoms with Crippen LogP contribution in [0.2, 0.25) is 0 Å². The largest absolute Gasteiger partial charge is 0.481 e. The fourth-order valence-electron chi connectivity index (χ4n) is 2.64. The number of nitrogens with zero attached hydrogens (tertiary/aromatic N) is 4. The Bertz CT molecular complexity index is 601. The molecule has 2 unspecified atom stereocenters. The fourth-order valence-corrected chi connectivity index (χ4v) is 2.64. The molecule has 2 atom stereocenters. The summed E-state index contributed by atoms with van der Waals surface area (Å²) in [7, 11) is 1.54. The molecule has 0 amide bonds. The first kappa shape index (κ1) is 13.9. The summed E-state index contributed by atoms with van der Waals surface area (Å²) in [6.45, 7) is 0. The fraction of sp³-hybridized carbons (Fsp3) is 0.571. The molecule has 1 aliphatic carbocycles. The van der Waals surface area contributed by atoms with Gasteiger partial charge >= 0.3 is 0 Å². The van der Waals surface area contributed by atoms with Gasteiger partial charge in [0, 0.05) is 6.07 Å². The molecule has 0 aromatic carbocycles. The molecule has 0 saturated heterocycles. The van der Waals surface area contributed by atoms with Gasteiger partial charge in [0.25, 0.3) is 0 Å². The molecule has 7 nitrogen and oxygen atoms in total. The molecule has 0 spiro atoms. The number of rotatable bonds is 3. The SMILES string of the molecule is COc1cc(-c2noc(C3CCCCCC3O)n2)ncn1. The van der Waals surface area contributed by atoms with Crippen molar-refractivity contribution in [2.45, 2.75) is 44.1 Å². The number of ether oxygens (including phenoxy) is 1. The lowest BCUT2D eigenvalue weighted by atomic mass is 9.97. The van der Waals surface area contributed by atoms with Crippen LogP contribution in [0.3, 0.4) is 0 Å². The lowest BCUT2D eigenvalue weighted by Crippen LogP contribution is -2.17. The molecule has 2 heterocycles.